The van der Waals surface area contributed by atoms with Crippen LogP contribution in [-0.4, -0.2) is 32.4 Å². The Balaban J connectivity index is 2.40. The highest BCUT2D eigenvalue weighted by molar-refractivity contribution is 6.74. The molecule has 0 aromatic carbocycles. The molecule has 24 heavy (non-hydrogen) atoms. The monoisotopic (exact) mass is 354 g/mol. The first-order chi connectivity index (χ1) is 10.9. The molecule has 140 valence electrons. The van der Waals surface area contributed by atoms with Crippen LogP contribution in [0.25, 0.3) is 0 Å². The van der Waals surface area contributed by atoms with Gasteiger partial charge in [-0.3, -0.25) is 0 Å². The maximum absolute atomic E-state index is 12.1. The zero-order valence-electron chi connectivity index (χ0n) is 17.1. The largest absolute Gasteiger partial charge is 0.411 e. The van der Waals surface area contributed by atoms with E-state index in [4.69, 9.17) is 9.16 Å². The average molecular weight is 355 g/mol. The molecule has 4 atom stereocenters. The first kappa shape index (κ1) is 20.1. The number of hydrogen-bond acceptors (Lipinski definition) is 3. The van der Waals surface area contributed by atoms with E-state index in [2.05, 4.69) is 47.7 Å². The van der Waals surface area contributed by atoms with E-state index < -0.39 is 8.32 Å². The average Bonchev–Trinajstić information content (AvgIpc) is 2.90. The number of carbonyl (C=O) groups is 1. The van der Waals surface area contributed by atoms with E-state index in [-0.39, 0.29) is 27.9 Å². The predicted octanol–water partition coefficient (Wildman–Crippen LogP) is 5.34. The number of ether oxygens (including phenoxy) is 1. The van der Waals surface area contributed by atoms with Crippen molar-refractivity contribution in [1.82, 2.24) is 0 Å². The van der Waals surface area contributed by atoms with E-state index in [0.29, 0.717) is 12.3 Å². The molecule has 1 heterocycles. The summed E-state index contributed by atoms with van der Waals surface area (Å²) in [7, 11) is -1.88. The topological polar surface area (TPSA) is 35.5 Å². The number of Topliss-reactive ketones (excluding diaryl/α,β-unsaturated/α-hetero) is 1. The molecule has 1 saturated carbocycles. The Bertz CT molecular complexity index is 474. The van der Waals surface area contributed by atoms with Crippen molar-refractivity contribution in [3.05, 3.63) is 0 Å². The Morgan fingerprint density at radius 1 is 1.29 bits per heavy atom. The Hall–Kier alpha value is -0.193. The third kappa shape index (κ3) is 3.26. The Morgan fingerprint density at radius 3 is 2.38 bits per heavy atom. The molecule has 2 fully saturated rings. The van der Waals surface area contributed by atoms with Gasteiger partial charge in [-0.1, -0.05) is 34.6 Å². The second-order valence-corrected chi connectivity index (χ2v) is 14.7. The molecule has 1 aliphatic carbocycles. The van der Waals surface area contributed by atoms with Crippen molar-refractivity contribution in [2.24, 2.45) is 11.3 Å². The van der Waals surface area contributed by atoms with Gasteiger partial charge in [-0.25, -0.2) is 0 Å². The molecule has 0 radical (unpaired) electrons. The molecular formula is C20H38O3Si. The summed E-state index contributed by atoms with van der Waals surface area (Å²) in [4.78, 5) is 12.1. The summed E-state index contributed by atoms with van der Waals surface area (Å²) in [6, 6.07) is 0. The van der Waals surface area contributed by atoms with Crippen molar-refractivity contribution in [2.45, 2.75) is 103 Å². The lowest BCUT2D eigenvalue weighted by atomic mass is 9.55. The Morgan fingerprint density at radius 2 is 1.92 bits per heavy atom. The lowest BCUT2D eigenvalue weighted by molar-refractivity contribution is -0.201. The van der Waals surface area contributed by atoms with Gasteiger partial charge in [0.05, 0.1) is 11.7 Å². The molecule has 0 unspecified atom stereocenters. The summed E-state index contributed by atoms with van der Waals surface area (Å²) in [5.41, 5.74) is -0.410. The lowest BCUT2D eigenvalue weighted by Gasteiger charge is -2.58. The smallest absolute Gasteiger partial charge is 0.192 e. The molecule has 1 spiro atoms. The maximum atomic E-state index is 12.1. The number of rotatable bonds is 4. The van der Waals surface area contributed by atoms with Gasteiger partial charge in [0.25, 0.3) is 0 Å². The second-order valence-electron chi connectivity index (χ2n) is 9.98. The lowest BCUT2D eigenvalue weighted by Crippen LogP contribution is -2.64. The van der Waals surface area contributed by atoms with Gasteiger partial charge in [0.1, 0.15) is 5.78 Å². The minimum absolute atomic E-state index is 0.124. The Kier molecular flexibility index (Phi) is 5.46. The zero-order chi connectivity index (χ0) is 18.4. The van der Waals surface area contributed by atoms with Crippen LogP contribution in [0.1, 0.15) is 73.6 Å². The first-order valence-corrected chi connectivity index (χ1v) is 12.6. The molecular weight excluding hydrogens is 316 g/mol. The van der Waals surface area contributed by atoms with Gasteiger partial charge in [0.15, 0.2) is 8.32 Å². The van der Waals surface area contributed by atoms with Crippen LogP contribution < -0.4 is 0 Å². The molecule has 2 rings (SSSR count). The highest BCUT2D eigenvalue weighted by Gasteiger charge is 2.62. The summed E-state index contributed by atoms with van der Waals surface area (Å²) in [6.45, 7) is 18.6. The molecule has 4 heteroatoms. The van der Waals surface area contributed by atoms with E-state index >= 15 is 0 Å². The van der Waals surface area contributed by atoms with Crippen LogP contribution in [0.4, 0.5) is 0 Å². The highest BCUT2D eigenvalue weighted by Crippen LogP contribution is 2.58. The molecule has 0 amide bonds. The fourth-order valence-corrected chi connectivity index (χ4v) is 6.00. The Labute approximate surface area is 150 Å². The second kappa shape index (κ2) is 6.51. The molecule has 3 nitrogen and oxygen atoms in total. The van der Waals surface area contributed by atoms with Crippen molar-refractivity contribution < 1.29 is 14.0 Å². The summed E-state index contributed by atoms with van der Waals surface area (Å²) in [5.74, 6) is 0.756. The van der Waals surface area contributed by atoms with Gasteiger partial charge in [-0.2, -0.15) is 0 Å². The third-order valence-corrected chi connectivity index (χ3v) is 11.8. The first-order valence-electron chi connectivity index (χ1n) is 9.67. The van der Waals surface area contributed by atoms with Crippen molar-refractivity contribution >= 4 is 14.1 Å². The van der Waals surface area contributed by atoms with Crippen LogP contribution in [0.2, 0.25) is 18.1 Å². The summed E-state index contributed by atoms with van der Waals surface area (Å²) >= 11 is 0. The number of hydrogen-bond donors (Lipinski definition) is 0. The molecule has 2 aliphatic rings. The standard InChI is InChI=1S/C20H38O3Si/c1-15-10-11-17(23-24(7,8)18(3,4)5)20(12-9-13-22-20)19(15,6)14-16(2)21/h15,17H,9-14H2,1-8H3/t15-,17+,19+,20-/m0/s1. The van der Waals surface area contributed by atoms with E-state index in [1.165, 1.54) is 0 Å². The van der Waals surface area contributed by atoms with Crippen molar-refractivity contribution in [2.75, 3.05) is 6.61 Å². The number of ketones is 1. The van der Waals surface area contributed by atoms with Crippen LogP contribution >= 0.6 is 0 Å². The van der Waals surface area contributed by atoms with Gasteiger partial charge in [0, 0.05) is 18.4 Å². The SMILES string of the molecule is CC(=O)C[C@]1(C)[C@@H](C)CC[C@@H](O[Si](C)(C)C(C)(C)C)[C@@]12CCCO2. The fraction of sp³-hybridized carbons (Fsp3) is 0.950. The minimum Gasteiger partial charge on any atom is -0.411 e. The van der Waals surface area contributed by atoms with E-state index in [1.807, 2.05) is 0 Å². The fourth-order valence-electron chi connectivity index (χ4n) is 4.63. The van der Waals surface area contributed by atoms with E-state index in [1.54, 1.807) is 6.92 Å². The quantitative estimate of drug-likeness (QED) is 0.639. The minimum atomic E-state index is -1.88. The van der Waals surface area contributed by atoms with Crippen LogP contribution in [0.15, 0.2) is 0 Å². The third-order valence-electron chi connectivity index (χ3n) is 7.35. The van der Waals surface area contributed by atoms with Crippen LogP contribution in [-0.2, 0) is 14.0 Å². The zero-order valence-corrected chi connectivity index (χ0v) is 18.1. The highest BCUT2D eigenvalue weighted by atomic mass is 28.4. The maximum Gasteiger partial charge on any atom is 0.192 e. The van der Waals surface area contributed by atoms with Crippen LogP contribution in [0, 0.1) is 11.3 Å². The van der Waals surface area contributed by atoms with Crippen molar-refractivity contribution in [3.63, 3.8) is 0 Å². The normalized spacial score (nSPS) is 37.8. The van der Waals surface area contributed by atoms with E-state index in [0.717, 1.165) is 32.3 Å². The van der Waals surface area contributed by atoms with Gasteiger partial charge >= 0.3 is 0 Å². The molecule has 0 aromatic heterocycles. The van der Waals surface area contributed by atoms with Crippen molar-refractivity contribution in [3.8, 4) is 0 Å². The van der Waals surface area contributed by atoms with Crippen molar-refractivity contribution in [1.29, 1.82) is 0 Å². The van der Waals surface area contributed by atoms with Gasteiger partial charge < -0.3 is 14.0 Å². The van der Waals surface area contributed by atoms with Gasteiger partial charge in [0.2, 0.25) is 0 Å². The predicted molar refractivity (Wildman–Crippen MR) is 102 cm³/mol. The van der Waals surface area contributed by atoms with Crippen LogP contribution in [0.3, 0.4) is 0 Å². The summed E-state index contributed by atoms with van der Waals surface area (Å²) in [5, 5.41) is 0.187. The molecule has 1 saturated heterocycles. The van der Waals surface area contributed by atoms with E-state index in [9.17, 15) is 4.79 Å². The summed E-state index contributed by atoms with van der Waals surface area (Å²) < 4.78 is 13.4. The van der Waals surface area contributed by atoms with Gasteiger partial charge in [-0.05, 0) is 56.7 Å². The molecule has 0 N–H and O–H groups in total. The molecule has 0 bridgehead atoms. The van der Waals surface area contributed by atoms with Gasteiger partial charge in [-0.15, -0.1) is 0 Å². The summed E-state index contributed by atoms with van der Waals surface area (Å²) in [6.07, 6.45) is 5.01. The molecule has 1 aliphatic heterocycles. The number of carbonyl (C=O) groups excluding carboxylic acids is 1. The molecule has 0 aromatic rings. The van der Waals surface area contributed by atoms with Crippen LogP contribution in [0.5, 0.6) is 0 Å².